The van der Waals surface area contributed by atoms with Crippen LogP contribution in [0.15, 0.2) is 48.5 Å². The molecule has 0 saturated carbocycles. The molecular formula is C23H30N2O. The van der Waals surface area contributed by atoms with Gasteiger partial charge in [0.15, 0.2) is 0 Å². The lowest BCUT2D eigenvalue weighted by Crippen LogP contribution is -2.36. The van der Waals surface area contributed by atoms with Crippen molar-refractivity contribution in [3.8, 4) is 0 Å². The molecular weight excluding hydrogens is 320 g/mol. The number of hydrogen-bond acceptors (Lipinski definition) is 2. The van der Waals surface area contributed by atoms with Gasteiger partial charge in [-0.2, -0.15) is 0 Å². The summed E-state index contributed by atoms with van der Waals surface area (Å²) >= 11 is 0. The summed E-state index contributed by atoms with van der Waals surface area (Å²) in [6.07, 6.45) is 4.21. The van der Waals surface area contributed by atoms with Gasteiger partial charge in [0.2, 0.25) is 5.91 Å². The summed E-state index contributed by atoms with van der Waals surface area (Å²) in [7, 11) is 0. The van der Waals surface area contributed by atoms with Crippen molar-refractivity contribution >= 4 is 11.6 Å². The normalized spacial score (nSPS) is 15.8. The zero-order valence-electron chi connectivity index (χ0n) is 16.0. The molecule has 3 heteroatoms. The van der Waals surface area contributed by atoms with Crippen LogP contribution in [-0.4, -0.2) is 30.4 Å². The van der Waals surface area contributed by atoms with Gasteiger partial charge >= 0.3 is 0 Å². The third kappa shape index (κ3) is 5.18. The molecule has 1 fully saturated rings. The van der Waals surface area contributed by atoms with Crippen molar-refractivity contribution in [3.63, 3.8) is 0 Å². The minimum atomic E-state index is 0.119. The lowest BCUT2D eigenvalue weighted by molar-refractivity contribution is -0.116. The van der Waals surface area contributed by atoms with Crippen molar-refractivity contribution in [3.05, 3.63) is 65.2 Å². The molecule has 3 nitrogen and oxygen atoms in total. The average molecular weight is 351 g/mol. The molecule has 2 aromatic rings. The molecule has 1 saturated heterocycles. The van der Waals surface area contributed by atoms with Gasteiger partial charge in [-0.25, -0.2) is 0 Å². The van der Waals surface area contributed by atoms with Crippen molar-refractivity contribution in [1.29, 1.82) is 0 Å². The molecule has 0 spiro atoms. The molecule has 1 amide bonds. The average Bonchev–Trinajstić information content (AvgIpc) is 2.65. The number of para-hydroxylation sites is 1. The molecule has 1 aliphatic heterocycles. The summed E-state index contributed by atoms with van der Waals surface area (Å²) in [5.74, 6) is 0.894. The Bertz CT molecular complexity index is 698. The number of amides is 1. The largest absolute Gasteiger partial charge is 0.326 e. The van der Waals surface area contributed by atoms with E-state index in [1.54, 1.807) is 0 Å². The number of benzene rings is 2. The summed E-state index contributed by atoms with van der Waals surface area (Å²) in [5.41, 5.74) is 4.66. The highest BCUT2D eigenvalue weighted by Gasteiger charge is 2.20. The zero-order valence-corrected chi connectivity index (χ0v) is 16.0. The molecule has 3 rings (SSSR count). The number of aryl methyl sites for hydroxylation is 2. The van der Waals surface area contributed by atoms with Crippen molar-refractivity contribution in [2.24, 2.45) is 5.92 Å². The Morgan fingerprint density at radius 1 is 1.00 bits per heavy atom. The van der Waals surface area contributed by atoms with Gasteiger partial charge < -0.3 is 10.2 Å². The molecule has 2 aromatic carbocycles. The number of rotatable bonds is 6. The highest BCUT2D eigenvalue weighted by Crippen LogP contribution is 2.22. The first-order valence-corrected chi connectivity index (χ1v) is 9.74. The minimum Gasteiger partial charge on any atom is -0.326 e. The zero-order chi connectivity index (χ0) is 18.4. The maximum Gasteiger partial charge on any atom is 0.225 e. The van der Waals surface area contributed by atoms with Crippen molar-refractivity contribution in [2.75, 3.05) is 25.0 Å². The van der Waals surface area contributed by atoms with Crippen LogP contribution < -0.4 is 5.32 Å². The summed E-state index contributed by atoms with van der Waals surface area (Å²) in [6, 6.07) is 16.9. The molecule has 0 atom stereocenters. The van der Waals surface area contributed by atoms with Gasteiger partial charge in [0, 0.05) is 18.7 Å². The SMILES string of the molecule is Cc1cccc(C)c1NC(=O)CCN1CCC(Cc2ccccc2)CC1. The highest BCUT2D eigenvalue weighted by atomic mass is 16.1. The smallest absolute Gasteiger partial charge is 0.225 e. The molecule has 1 aliphatic rings. The molecule has 0 unspecified atom stereocenters. The van der Waals surface area contributed by atoms with Crippen LogP contribution in [0.25, 0.3) is 0 Å². The summed E-state index contributed by atoms with van der Waals surface area (Å²) in [4.78, 5) is 14.8. The van der Waals surface area contributed by atoms with Crippen LogP contribution in [0.2, 0.25) is 0 Å². The first-order valence-electron chi connectivity index (χ1n) is 9.74. The fourth-order valence-electron chi connectivity index (χ4n) is 3.83. The van der Waals surface area contributed by atoms with Gasteiger partial charge in [-0.05, 0) is 68.8 Å². The van der Waals surface area contributed by atoms with E-state index >= 15 is 0 Å². The maximum absolute atomic E-state index is 12.3. The van der Waals surface area contributed by atoms with Crippen molar-refractivity contribution in [2.45, 2.75) is 39.5 Å². The Kier molecular flexibility index (Phi) is 6.45. The number of hydrogen-bond donors (Lipinski definition) is 1. The number of carbonyl (C=O) groups is 1. The molecule has 0 aromatic heterocycles. The van der Waals surface area contributed by atoms with Crippen LogP contribution in [0.1, 0.15) is 36.0 Å². The Labute approximate surface area is 157 Å². The predicted molar refractivity (Wildman–Crippen MR) is 108 cm³/mol. The number of carbonyl (C=O) groups excluding carboxylic acids is 1. The first-order chi connectivity index (χ1) is 12.6. The van der Waals surface area contributed by atoms with Crippen molar-refractivity contribution in [1.82, 2.24) is 4.90 Å². The van der Waals surface area contributed by atoms with E-state index in [1.165, 1.54) is 24.8 Å². The molecule has 0 bridgehead atoms. The lowest BCUT2D eigenvalue weighted by atomic mass is 9.90. The monoisotopic (exact) mass is 350 g/mol. The van der Waals surface area contributed by atoms with E-state index in [4.69, 9.17) is 0 Å². The van der Waals surface area contributed by atoms with Crippen LogP contribution in [0, 0.1) is 19.8 Å². The number of nitrogens with zero attached hydrogens (tertiary/aromatic N) is 1. The molecule has 138 valence electrons. The Morgan fingerprint density at radius 2 is 1.65 bits per heavy atom. The third-order valence-electron chi connectivity index (χ3n) is 5.47. The maximum atomic E-state index is 12.3. The Hall–Kier alpha value is -2.13. The number of piperidine rings is 1. The van der Waals surface area contributed by atoms with Crippen molar-refractivity contribution < 1.29 is 4.79 Å². The third-order valence-corrected chi connectivity index (χ3v) is 5.47. The summed E-state index contributed by atoms with van der Waals surface area (Å²) < 4.78 is 0. The number of nitrogens with one attached hydrogen (secondary N) is 1. The van der Waals surface area contributed by atoms with E-state index in [0.29, 0.717) is 6.42 Å². The second-order valence-corrected chi connectivity index (χ2v) is 7.54. The quantitative estimate of drug-likeness (QED) is 0.826. The minimum absolute atomic E-state index is 0.119. The second-order valence-electron chi connectivity index (χ2n) is 7.54. The number of anilines is 1. The van der Waals surface area contributed by atoms with Crippen LogP contribution in [0.3, 0.4) is 0 Å². The van der Waals surface area contributed by atoms with Gasteiger partial charge in [0.05, 0.1) is 0 Å². The van der Waals surface area contributed by atoms with E-state index in [9.17, 15) is 4.79 Å². The summed E-state index contributed by atoms with van der Waals surface area (Å²) in [6.45, 7) is 7.15. The van der Waals surface area contributed by atoms with Crippen LogP contribution in [0.4, 0.5) is 5.69 Å². The van der Waals surface area contributed by atoms with Crippen LogP contribution in [0.5, 0.6) is 0 Å². The van der Waals surface area contributed by atoms with Crippen LogP contribution in [-0.2, 0) is 11.2 Å². The standard InChI is InChI=1S/C23H30N2O/c1-18-7-6-8-19(2)23(18)24-22(26)13-16-25-14-11-21(12-15-25)17-20-9-4-3-5-10-20/h3-10,21H,11-17H2,1-2H3,(H,24,26). The van der Waals surface area contributed by atoms with Gasteiger partial charge in [-0.1, -0.05) is 48.5 Å². The van der Waals surface area contributed by atoms with E-state index in [1.807, 2.05) is 32.0 Å². The van der Waals surface area contributed by atoms with Crippen LogP contribution >= 0.6 is 0 Å². The number of likely N-dealkylation sites (tertiary alicyclic amines) is 1. The van der Waals surface area contributed by atoms with Gasteiger partial charge in [-0.3, -0.25) is 4.79 Å². The molecule has 0 aliphatic carbocycles. The van der Waals surface area contributed by atoms with E-state index < -0.39 is 0 Å². The summed E-state index contributed by atoms with van der Waals surface area (Å²) in [5, 5.41) is 3.09. The fourth-order valence-corrected chi connectivity index (χ4v) is 3.83. The lowest BCUT2D eigenvalue weighted by Gasteiger charge is -2.31. The van der Waals surface area contributed by atoms with E-state index in [2.05, 4.69) is 40.5 Å². The fraction of sp³-hybridized carbons (Fsp3) is 0.435. The highest BCUT2D eigenvalue weighted by molar-refractivity contribution is 5.92. The van der Waals surface area contributed by atoms with Gasteiger partial charge in [-0.15, -0.1) is 0 Å². The molecule has 0 radical (unpaired) electrons. The van der Waals surface area contributed by atoms with Gasteiger partial charge in [0.1, 0.15) is 0 Å². The predicted octanol–water partition coefficient (Wildman–Crippen LogP) is 4.59. The first kappa shape index (κ1) is 18.7. The van der Waals surface area contributed by atoms with Gasteiger partial charge in [0.25, 0.3) is 0 Å². The van der Waals surface area contributed by atoms with E-state index in [-0.39, 0.29) is 5.91 Å². The molecule has 26 heavy (non-hydrogen) atoms. The topological polar surface area (TPSA) is 32.3 Å². The second kappa shape index (κ2) is 9.00. The molecule has 1 heterocycles. The molecule has 1 N–H and O–H groups in total. The Balaban J connectivity index is 1.40. The Morgan fingerprint density at radius 3 is 2.31 bits per heavy atom. The van der Waals surface area contributed by atoms with E-state index in [0.717, 1.165) is 42.4 Å².